The molecule has 0 unspecified atom stereocenters. The summed E-state index contributed by atoms with van der Waals surface area (Å²) in [4.78, 5) is 23.5. The molecule has 2 aromatic rings. The van der Waals surface area contributed by atoms with Gasteiger partial charge in [0.05, 0.1) is 0 Å². The van der Waals surface area contributed by atoms with Gasteiger partial charge < -0.3 is 10.1 Å². The highest BCUT2D eigenvalue weighted by atomic mass is 16.5. The SMILES string of the molecule is CCc1cccc(NC(=O)COC(=O)/C=C/c2cccc(C)c2)c1. The van der Waals surface area contributed by atoms with E-state index < -0.39 is 5.97 Å². The molecule has 0 spiro atoms. The van der Waals surface area contributed by atoms with Crippen molar-refractivity contribution in [2.45, 2.75) is 20.3 Å². The Balaban J connectivity index is 1.81. The molecular weight excluding hydrogens is 302 g/mol. The molecule has 0 saturated carbocycles. The fraction of sp³-hybridized carbons (Fsp3) is 0.200. The number of anilines is 1. The maximum atomic E-state index is 11.8. The van der Waals surface area contributed by atoms with E-state index in [0.717, 1.165) is 23.1 Å². The number of carbonyl (C=O) groups is 2. The summed E-state index contributed by atoms with van der Waals surface area (Å²) >= 11 is 0. The largest absolute Gasteiger partial charge is 0.452 e. The summed E-state index contributed by atoms with van der Waals surface area (Å²) in [5.74, 6) is -0.908. The van der Waals surface area contributed by atoms with Gasteiger partial charge >= 0.3 is 5.97 Å². The van der Waals surface area contributed by atoms with Crippen LogP contribution < -0.4 is 5.32 Å². The van der Waals surface area contributed by atoms with Crippen LogP contribution in [-0.4, -0.2) is 18.5 Å². The first kappa shape index (κ1) is 17.5. The van der Waals surface area contributed by atoms with Gasteiger partial charge in [-0.15, -0.1) is 0 Å². The third-order valence-corrected chi connectivity index (χ3v) is 3.42. The Morgan fingerprint density at radius 2 is 1.92 bits per heavy atom. The van der Waals surface area contributed by atoms with Crippen LogP contribution in [0.2, 0.25) is 0 Å². The van der Waals surface area contributed by atoms with Crippen molar-refractivity contribution in [3.63, 3.8) is 0 Å². The molecule has 1 N–H and O–H groups in total. The standard InChI is InChI=1S/C20H21NO3/c1-3-16-7-5-9-18(13-16)21-19(22)14-24-20(23)11-10-17-8-4-6-15(2)12-17/h4-13H,3,14H2,1-2H3,(H,21,22)/b11-10+. The molecule has 0 saturated heterocycles. The zero-order valence-electron chi connectivity index (χ0n) is 13.9. The van der Waals surface area contributed by atoms with Crippen LogP contribution in [0.3, 0.4) is 0 Å². The van der Waals surface area contributed by atoms with Crippen molar-refractivity contribution in [2.75, 3.05) is 11.9 Å². The molecule has 2 aromatic carbocycles. The Bertz CT molecular complexity index is 750. The molecule has 24 heavy (non-hydrogen) atoms. The molecule has 0 aliphatic rings. The Kier molecular flexibility index (Phi) is 6.32. The highest BCUT2D eigenvalue weighted by Crippen LogP contribution is 2.11. The van der Waals surface area contributed by atoms with E-state index >= 15 is 0 Å². The molecule has 0 aliphatic heterocycles. The highest BCUT2D eigenvalue weighted by molar-refractivity contribution is 5.94. The Labute approximate surface area is 142 Å². The van der Waals surface area contributed by atoms with Crippen molar-refractivity contribution in [1.29, 1.82) is 0 Å². The Morgan fingerprint density at radius 3 is 2.67 bits per heavy atom. The van der Waals surface area contributed by atoms with Gasteiger partial charge in [-0.3, -0.25) is 4.79 Å². The predicted octanol–water partition coefficient (Wildman–Crippen LogP) is 3.75. The van der Waals surface area contributed by atoms with Gasteiger partial charge in [-0.05, 0) is 42.7 Å². The van der Waals surface area contributed by atoms with Crippen LogP contribution in [0.4, 0.5) is 5.69 Å². The molecule has 0 aromatic heterocycles. The van der Waals surface area contributed by atoms with Gasteiger partial charge in [0.15, 0.2) is 6.61 Å². The molecular formula is C20H21NO3. The average Bonchev–Trinajstić information content (AvgIpc) is 2.58. The molecule has 0 heterocycles. The molecule has 0 aliphatic carbocycles. The lowest BCUT2D eigenvalue weighted by Crippen LogP contribution is -2.20. The number of benzene rings is 2. The number of carbonyl (C=O) groups excluding carboxylic acids is 2. The Hall–Kier alpha value is -2.88. The van der Waals surface area contributed by atoms with Gasteiger partial charge in [0.25, 0.3) is 5.91 Å². The van der Waals surface area contributed by atoms with Crippen molar-refractivity contribution in [2.24, 2.45) is 0 Å². The van der Waals surface area contributed by atoms with E-state index in [1.54, 1.807) is 12.1 Å². The van der Waals surface area contributed by atoms with E-state index in [-0.39, 0.29) is 12.5 Å². The second-order valence-corrected chi connectivity index (χ2v) is 5.46. The van der Waals surface area contributed by atoms with Crippen molar-refractivity contribution in [1.82, 2.24) is 0 Å². The second kappa shape index (κ2) is 8.67. The third kappa shape index (κ3) is 5.72. The maximum absolute atomic E-state index is 11.8. The van der Waals surface area contributed by atoms with Crippen LogP contribution in [-0.2, 0) is 20.7 Å². The monoisotopic (exact) mass is 323 g/mol. The number of rotatable bonds is 6. The number of hydrogen-bond acceptors (Lipinski definition) is 3. The number of aryl methyl sites for hydroxylation is 2. The van der Waals surface area contributed by atoms with Crippen LogP contribution in [0.15, 0.2) is 54.6 Å². The normalized spacial score (nSPS) is 10.6. The first-order valence-corrected chi connectivity index (χ1v) is 7.87. The molecule has 1 amide bonds. The predicted molar refractivity (Wildman–Crippen MR) is 95.6 cm³/mol. The number of ether oxygens (including phenoxy) is 1. The number of hydrogen-bond donors (Lipinski definition) is 1. The van der Waals surface area contributed by atoms with Gasteiger partial charge in [0, 0.05) is 11.8 Å². The number of nitrogens with one attached hydrogen (secondary N) is 1. The summed E-state index contributed by atoms with van der Waals surface area (Å²) in [5.41, 5.74) is 3.85. The van der Waals surface area contributed by atoms with Gasteiger partial charge in [-0.1, -0.05) is 48.9 Å². The van der Waals surface area contributed by atoms with E-state index in [1.165, 1.54) is 6.08 Å². The molecule has 124 valence electrons. The van der Waals surface area contributed by atoms with Crippen molar-refractivity contribution >= 4 is 23.6 Å². The van der Waals surface area contributed by atoms with Crippen molar-refractivity contribution < 1.29 is 14.3 Å². The number of amides is 1. The topological polar surface area (TPSA) is 55.4 Å². The summed E-state index contributed by atoms with van der Waals surface area (Å²) in [5, 5.41) is 2.71. The zero-order chi connectivity index (χ0) is 17.4. The summed E-state index contributed by atoms with van der Waals surface area (Å²) in [6, 6.07) is 15.3. The minimum atomic E-state index is -0.547. The lowest BCUT2D eigenvalue weighted by molar-refractivity contribution is -0.142. The van der Waals surface area contributed by atoms with Crippen molar-refractivity contribution in [3.05, 3.63) is 71.3 Å². The lowest BCUT2D eigenvalue weighted by Gasteiger charge is -2.06. The van der Waals surface area contributed by atoms with E-state index in [1.807, 2.05) is 56.3 Å². The quantitative estimate of drug-likeness (QED) is 0.650. The van der Waals surface area contributed by atoms with Crippen LogP contribution in [0.1, 0.15) is 23.6 Å². The first-order valence-electron chi connectivity index (χ1n) is 7.87. The summed E-state index contributed by atoms with van der Waals surface area (Å²) in [7, 11) is 0. The Morgan fingerprint density at radius 1 is 1.12 bits per heavy atom. The third-order valence-electron chi connectivity index (χ3n) is 3.42. The molecule has 2 rings (SSSR count). The minimum Gasteiger partial charge on any atom is -0.452 e. The molecule has 0 bridgehead atoms. The van der Waals surface area contributed by atoms with Crippen LogP contribution in [0.25, 0.3) is 6.08 Å². The highest BCUT2D eigenvalue weighted by Gasteiger charge is 2.06. The summed E-state index contributed by atoms with van der Waals surface area (Å²) in [6.45, 7) is 3.71. The maximum Gasteiger partial charge on any atom is 0.331 e. The van der Waals surface area contributed by atoms with E-state index in [0.29, 0.717) is 5.69 Å². The summed E-state index contributed by atoms with van der Waals surface area (Å²) < 4.78 is 4.95. The fourth-order valence-electron chi connectivity index (χ4n) is 2.19. The van der Waals surface area contributed by atoms with Gasteiger partial charge in [0.1, 0.15) is 0 Å². The summed E-state index contributed by atoms with van der Waals surface area (Å²) in [6.07, 6.45) is 3.88. The van der Waals surface area contributed by atoms with Gasteiger partial charge in [0.2, 0.25) is 0 Å². The first-order chi connectivity index (χ1) is 11.6. The average molecular weight is 323 g/mol. The van der Waals surface area contributed by atoms with E-state index in [2.05, 4.69) is 5.32 Å². The second-order valence-electron chi connectivity index (χ2n) is 5.46. The number of esters is 1. The van der Waals surface area contributed by atoms with Gasteiger partial charge in [-0.2, -0.15) is 0 Å². The lowest BCUT2D eigenvalue weighted by atomic mass is 10.1. The zero-order valence-corrected chi connectivity index (χ0v) is 13.9. The van der Waals surface area contributed by atoms with Crippen molar-refractivity contribution in [3.8, 4) is 0 Å². The molecule has 0 radical (unpaired) electrons. The smallest absolute Gasteiger partial charge is 0.331 e. The van der Waals surface area contributed by atoms with Crippen LogP contribution in [0.5, 0.6) is 0 Å². The van der Waals surface area contributed by atoms with E-state index in [4.69, 9.17) is 4.74 Å². The van der Waals surface area contributed by atoms with E-state index in [9.17, 15) is 9.59 Å². The fourth-order valence-corrected chi connectivity index (χ4v) is 2.19. The molecule has 0 fully saturated rings. The molecule has 0 atom stereocenters. The van der Waals surface area contributed by atoms with Crippen LogP contribution >= 0.6 is 0 Å². The molecule has 4 heteroatoms. The minimum absolute atomic E-state index is 0.312. The van der Waals surface area contributed by atoms with Crippen LogP contribution in [0, 0.1) is 6.92 Å². The van der Waals surface area contributed by atoms with Gasteiger partial charge in [-0.25, -0.2) is 4.79 Å². The molecule has 4 nitrogen and oxygen atoms in total.